The van der Waals surface area contributed by atoms with Crippen molar-refractivity contribution in [1.82, 2.24) is 0 Å². The maximum atomic E-state index is 13.0. The number of hydrogen-bond donors (Lipinski definition) is 0. The van der Waals surface area contributed by atoms with Gasteiger partial charge in [0, 0.05) is 19.3 Å². The topological polar surface area (TPSA) is 78.9 Å². The Morgan fingerprint density at radius 3 is 0.783 bits per heavy atom. The average Bonchev–Trinajstić information content (AvgIpc) is 3.50. The second-order valence-corrected chi connectivity index (χ2v) is 22.3. The molecule has 0 aromatic rings. The molecule has 0 saturated heterocycles. The van der Waals surface area contributed by atoms with Gasteiger partial charge in [-0.2, -0.15) is 0 Å². The summed E-state index contributed by atoms with van der Waals surface area (Å²) < 4.78 is 16.9. The fourth-order valence-corrected chi connectivity index (χ4v) is 9.24. The van der Waals surface area contributed by atoms with Crippen molar-refractivity contribution < 1.29 is 28.6 Å². The number of carbonyl (C=O) groups excluding carboxylic acids is 3. The van der Waals surface area contributed by atoms with Crippen molar-refractivity contribution in [3.63, 3.8) is 0 Å². The van der Waals surface area contributed by atoms with Crippen LogP contribution in [-0.4, -0.2) is 37.2 Å². The van der Waals surface area contributed by atoms with E-state index in [4.69, 9.17) is 14.2 Å². The van der Waals surface area contributed by atoms with E-state index in [2.05, 4.69) is 167 Å². The highest BCUT2D eigenvalue weighted by Crippen LogP contribution is 2.16. The zero-order valence-electron chi connectivity index (χ0n) is 53.9. The number of rotatable bonds is 61. The molecular formula is C77H126O6. The van der Waals surface area contributed by atoms with Crippen molar-refractivity contribution >= 4 is 17.9 Å². The molecule has 0 aromatic heterocycles. The van der Waals surface area contributed by atoms with Gasteiger partial charge in [-0.05, 0) is 135 Å². The molecule has 6 nitrogen and oxygen atoms in total. The van der Waals surface area contributed by atoms with Crippen LogP contribution in [0.15, 0.2) is 146 Å². The fraction of sp³-hybridized carbons (Fsp3) is 0.649. The highest BCUT2D eigenvalue weighted by Gasteiger charge is 2.19. The summed E-state index contributed by atoms with van der Waals surface area (Å²) in [4.78, 5) is 38.4. The van der Waals surface area contributed by atoms with E-state index in [-0.39, 0.29) is 37.5 Å². The van der Waals surface area contributed by atoms with Crippen LogP contribution in [0.1, 0.15) is 303 Å². The molecule has 0 N–H and O–H groups in total. The number of carbonyl (C=O) groups is 3. The van der Waals surface area contributed by atoms with E-state index in [1.54, 1.807) is 0 Å². The quantitative estimate of drug-likeness (QED) is 0.0261. The molecule has 0 heterocycles. The van der Waals surface area contributed by atoms with Gasteiger partial charge in [0.15, 0.2) is 6.10 Å². The van der Waals surface area contributed by atoms with Crippen LogP contribution in [0.3, 0.4) is 0 Å². The van der Waals surface area contributed by atoms with Crippen molar-refractivity contribution in [2.24, 2.45) is 0 Å². The third-order valence-electron chi connectivity index (χ3n) is 14.3. The Labute approximate surface area is 512 Å². The van der Waals surface area contributed by atoms with Gasteiger partial charge < -0.3 is 14.2 Å². The van der Waals surface area contributed by atoms with Gasteiger partial charge in [-0.1, -0.05) is 295 Å². The summed E-state index contributed by atoms with van der Waals surface area (Å²) in [5.41, 5.74) is 0. The van der Waals surface area contributed by atoms with Crippen molar-refractivity contribution in [2.75, 3.05) is 13.2 Å². The summed E-state index contributed by atoms with van der Waals surface area (Å²) in [6.45, 7) is 6.36. The molecule has 0 rings (SSSR count). The van der Waals surface area contributed by atoms with Crippen molar-refractivity contribution in [3.8, 4) is 0 Å². The molecule has 0 amide bonds. The molecule has 0 fully saturated rings. The van der Waals surface area contributed by atoms with E-state index in [0.29, 0.717) is 19.3 Å². The predicted octanol–water partition coefficient (Wildman–Crippen LogP) is 23.9. The van der Waals surface area contributed by atoms with Gasteiger partial charge in [0.2, 0.25) is 0 Å². The zero-order valence-corrected chi connectivity index (χ0v) is 53.9. The first kappa shape index (κ1) is 78.3. The van der Waals surface area contributed by atoms with Crippen molar-refractivity contribution in [3.05, 3.63) is 146 Å². The van der Waals surface area contributed by atoms with E-state index in [1.165, 1.54) is 135 Å². The van der Waals surface area contributed by atoms with Gasteiger partial charge in [-0.3, -0.25) is 14.4 Å². The normalized spacial score (nSPS) is 13.0. The van der Waals surface area contributed by atoms with Gasteiger partial charge >= 0.3 is 17.9 Å². The second kappa shape index (κ2) is 69.8. The minimum Gasteiger partial charge on any atom is -0.462 e. The minimum atomic E-state index is -0.815. The first-order valence-electron chi connectivity index (χ1n) is 34.3. The molecule has 0 aromatic carbocycles. The van der Waals surface area contributed by atoms with E-state index < -0.39 is 6.10 Å². The van der Waals surface area contributed by atoms with Crippen LogP contribution >= 0.6 is 0 Å². The van der Waals surface area contributed by atoms with Crippen LogP contribution < -0.4 is 0 Å². The van der Waals surface area contributed by atoms with Crippen molar-refractivity contribution in [1.29, 1.82) is 0 Å². The zero-order chi connectivity index (χ0) is 59.9. The van der Waals surface area contributed by atoms with Gasteiger partial charge in [0.1, 0.15) is 13.2 Å². The number of unbranched alkanes of at least 4 members (excludes halogenated alkanes) is 26. The molecule has 470 valence electrons. The largest absolute Gasteiger partial charge is 0.462 e. The molecule has 0 spiro atoms. The van der Waals surface area contributed by atoms with E-state index in [0.717, 1.165) is 122 Å². The van der Waals surface area contributed by atoms with Gasteiger partial charge in [-0.15, -0.1) is 0 Å². The predicted molar refractivity (Wildman–Crippen MR) is 362 cm³/mol. The fourth-order valence-electron chi connectivity index (χ4n) is 9.24. The summed E-state index contributed by atoms with van der Waals surface area (Å²) in [6, 6.07) is 0. The van der Waals surface area contributed by atoms with Gasteiger partial charge in [0.05, 0.1) is 0 Å². The Balaban J connectivity index is 4.43. The first-order chi connectivity index (χ1) is 41.0. The summed E-state index contributed by atoms with van der Waals surface area (Å²) >= 11 is 0. The molecule has 0 saturated carbocycles. The molecule has 1 atom stereocenters. The summed E-state index contributed by atoms with van der Waals surface area (Å²) in [5, 5.41) is 0. The second-order valence-electron chi connectivity index (χ2n) is 22.3. The lowest BCUT2D eigenvalue weighted by molar-refractivity contribution is -0.167. The smallest absolute Gasteiger partial charge is 0.306 e. The molecule has 0 radical (unpaired) electrons. The highest BCUT2D eigenvalue weighted by atomic mass is 16.6. The molecule has 1 unspecified atom stereocenters. The van der Waals surface area contributed by atoms with Crippen LogP contribution in [0.2, 0.25) is 0 Å². The van der Waals surface area contributed by atoms with Crippen LogP contribution in [0, 0.1) is 0 Å². The molecule has 0 bridgehead atoms. The summed E-state index contributed by atoms with van der Waals surface area (Å²) in [7, 11) is 0. The van der Waals surface area contributed by atoms with Crippen LogP contribution in [0.5, 0.6) is 0 Å². The SMILES string of the molecule is CC/C=C\C/C=C\C/C=C\C/C=C\C/C=C\CCCC(=O)OCC(COC(=O)CCCCCCCCCCCCCC/C=C\C/C=C\C/C=C\CCCCCCC)OC(=O)CCCCCCCCCC/C=C\C/C=C\C/C=C\C/C=C\CC. The molecule has 6 heteroatoms. The molecule has 0 aliphatic rings. The molecule has 0 aliphatic carbocycles. The third kappa shape index (κ3) is 68.0. The lowest BCUT2D eigenvalue weighted by Gasteiger charge is -2.18. The van der Waals surface area contributed by atoms with Gasteiger partial charge in [0.25, 0.3) is 0 Å². The van der Waals surface area contributed by atoms with Crippen LogP contribution in [0.25, 0.3) is 0 Å². The third-order valence-corrected chi connectivity index (χ3v) is 14.3. The Morgan fingerprint density at radius 2 is 0.482 bits per heavy atom. The number of ether oxygens (including phenoxy) is 3. The van der Waals surface area contributed by atoms with E-state index in [9.17, 15) is 14.4 Å². The summed E-state index contributed by atoms with van der Waals surface area (Å²) in [6.07, 6.45) is 100. The number of allylic oxidation sites excluding steroid dienone is 24. The number of esters is 3. The Bertz CT molecular complexity index is 1800. The van der Waals surface area contributed by atoms with E-state index in [1.807, 2.05) is 0 Å². The monoisotopic (exact) mass is 1150 g/mol. The minimum absolute atomic E-state index is 0.104. The Morgan fingerprint density at radius 1 is 0.253 bits per heavy atom. The molecular weight excluding hydrogens is 1020 g/mol. The van der Waals surface area contributed by atoms with Crippen LogP contribution in [-0.2, 0) is 28.6 Å². The maximum absolute atomic E-state index is 13.0. The highest BCUT2D eigenvalue weighted by molar-refractivity contribution is 5.71. The standard InChI is InChI=1S/C77H126O6/c1-4-7-10-13-16-19-22-25-28-31-33-35-36-37-38-39-40-42-43-46-49-52-55-58-61-64-67-70-76(79)82-73-74(72-81-75(78)69-66-63-60-57-54-51-48-45-30-27-24-21-18-15-12-9-6-3)83-77(80)71-68-65-62-59-56-53-50-47-44-41-34-32-29-26-23-20-17-14-11-8-5-2/h8-9,11-12,17-18,20-22,25-27,29-31,33-34,36-37,41,48,51,57,60,74H,4-7,10,13-16,19,23-24,28,32,35,38-40,42-47,49-50,52-56,58-59,61-73H2,1-3H3/b11-8-,12-9-,20-17-,21-18-,25-22-,29-26-,30-27-,33-31-,37-36-,41-34-,51-48-,60-57-. The summed E-state index contributed by atoms with van der Waals surface area (Å²) in [5.74, 6) is -0.971. The van der Waals surface area contributed by atoms with Crippen molar-refractivity contribution in [2.45, 2.75) is 309 Å². The Hall–Kier alpha value is -4.71. The lowest BCUT2D eigenvalue weighted by Crippen LogP contribution is -2.30. The first-order valence-corrected chi connectivity index (χ1v) is 34.3. The lowest BCUT2D eigenvalue weighted by atomic mass is 10.0. The van der Waals surface area contributed by atoms with Crippen LogP contribution in [0.4, 0.5) is 0 Å². The number of hydrogen-bond acceptors (Lipinski definition) is 6. The molecule has 0 aliphatic heterocycles. The average molecular weight is 1150 g/mol. The van der Waals surface area contributed by atoms with E-state index >= 15 is 0 Å². The Kier molecular flexibility index (Phi) is 65.8. The maximum Gasteiger partial charge on any atom is 0.306 e. The van der Waals surface area contributed by atoms with Gasteiger partial charge in [-0.25, -0.2) is 0 Å². The molecule has 83 heavy (non-hydrogen) atoms.